The van der Waals surface area contributed by atoms with Crippen molar-refractivity contribution in [2.75, 3.05) is 33.5 Å². The van der Waals surface area contributed by atoms with Crippen molar-refractivity contribution in [2.45, 2.75) is 12.3 Å². The molecule has 0 spiro atoms. The molecule has 1 fully saturated rings. The molecule has 1 aliphatic heterocycles. The summed E-state index contributed by atoms with van der Waals surface area (Å²) in [7, 11) is 1.62. The van der Waals surface area contributed by atoms with Gasteiger partial charge in [-0.1, -0.05) is 6.07 Å². The van der Waals surface area contributed by atoms with Crippen LogP contribution in [0.15, 0.2) is 18.2 Å². The number of hydrogen-bond donors (Lipinski definition) is 1. The molecule has 94 valence electrons. The first-order chi connectivity index (χ1) is 8.25. The highest BCUT2D eigenvalue weighted by molar-refractivity contribution is 5.46. The average molecular weight is 238 g/mol. The van der Waals surface area contributed by atoms with Crippen LogP contribution in [0.4, 0.5) is 0 Å². The van der Waals surface area contributed by atoms with Crippen LogP contribution in [0.5, 0.6) is 11.5 Å². The van der Waals surface area contributed by atoms with Gasteiger partial charge in [-0.15, -0.1) is 0 Å². The SMILES string of the molecule is CCOc1ccc(C2(CO)COC2)cc1OC. The number of benzene rings is 1. The van der Waals surface area contributed by atoms with Crippen LogP contribution in [0.2, 0.25) is 0 Å². The molecule has 1 saturated heterocycles. The predicted molar refractivity (Wildman–Crippen MR) is 63.7 cm³/mol. The standard InChI is InChI=1S/C13H18O4/c1-3-17-11-5-4-10(6-12(11)15-2)13(7-14)8-16-9-13/h4-6,14H,3,7-9H2,1-2H3. The van der Waals surface area contributed by atoms with Gasteiger partial charge in [0.1, 0.15) is 0 Å². The van der Waals surface area contributed by atoms with Crippen molar-refractivity contribution in [2.24, 2.45) is 0 Å². The minimum Gasteiger partial charge on any atom is -0.493 e. The molecule has 17 heavy (non-hydrogen) atoms. The summed E-state index contributed by atoms with van der Waals surface area (Å²) in [6, 6.07) is 5.77. The third-order valence-corrected chi connectivity index (χ3v) is 3.14. The van der Waals surface area contributed by atoms with Gasteiger partial charge < -0.3 is 19.3 Å². The second kappa shape index (κ2) is 4.94. The van der Waals surface area contributed by atoms with Crippen LogP contribution in [0.25, 0.3) is 0 Å². The Morgan fingerprint density at radius 3 is 2.59 bits per heavy atom. The molecule has 1 aliphatic rings. The summed E-state index contributed by atoms with van der Waals surface area (Å²) in [5, 5.41) is 9.47. The van der Waals surface area contributed by atoms with Gasteiger partial charge in [0.15, 0.2) is 11.5 Å². The van der Waals surface area contributed by atoms with Gasteiger partial charge in [0, 0.05) is 0 Å². The zero-order valence-corrected chi connectivity index (χ0v) is 10.2. The van der Waals surface area contributed by atoms with Gasteiger partial charge >= 0.3 is 0 Å². The predicted octanol–water partition coefficient (Wildman–Crippen LogP) is 1.35. The molecule has 0 atom stereocenters. The highest BCUT2D eigenvalue weighted by Crippen LogP contribution is 2.37. The van der Waals surface area contributed by atoms with Crippen molar-refractivity contribution < 1.29 is 19.3 Å². The zero-order chi connectivity index (χ0) is 12.3. The smallest absolute Gasteiger partial charge is 0.161 e. The Hall–Kier alpha value is -1.26. The van der Waals surface area contributed by atoms with Crippen LogP contribution in [-0.4, -0.2) is 38.6 Å². The molecule has 0 radical (unpaired) electrons. The Morgan fingerprint density at radius 2 is 2.12 bits per heavy atom. The molecule has 2 rings (SSSR count). The third kappa shape index (κ3) is 2.10. The Balaban J connectivity index is 2.30. The maximum atomic E-state index is 9.47. The average Bonchev–Trinajstić information content (AvgIpc) is 2.30. The Labute approximate surface area is 101 Å². The summed E-state index contributed by atoms with van der Waals surface area (Å²) < 4.78 is 16.0. The molecule has 1 aromatic carbocycles. The number of aliphatic hydroxyl groups is 1. The van der Waals surface area contributed by atoms with Gasteiger partial charge in [0.2, 0.25) is 0 Å². The second-order valence-electron chi connectivity index (χ2n) is 4.23. The molecule has 4 heteroatoms. The summed E-state index contributed by atoms with van der Waals surface area (Å²) in [4.78, 5) is 0. The monoisotopic (exact) mass is 238 g/mol. The van der Waals surface area contributed by atoms with E-state index in [1.807, 2.05) is 25.1 Å². The Morgan fingerprint density at radius 1 is 1.35 bits per heavy atom. The summed E-state index contributed by atoms with van der Waals surface area (Å²) in [6.45, 7) is 3.73. The fourth-order valence-electron chi connectivity index (χ4n) is 1.97. The number of methoxy groups -OCH3 is 1. The third-order valence-electron chi connectivity index (χ3n) is 3.14. The molecule has 0 bridgehead atoms. The zero-order valence-electron chi connectivity index (χ0n) is 10.2. The van der Waals surface area contributed by atoms with E-state index in [1.165, 1.54) is 0 Å². The first-order valence-electron chi connectivity index (χ1n) is 5.75. The summed E-state index contributed by atoms with van der Waals surface area (Å²) in [6.07, 6.45) is 0. The summed E-state index contributed by atoms with van der Waals surface area (Å²) in [5.74, 6) is 1.43. The van der Waals surface area contributed by atoms with Crippen LogP contribution in [0.3, 0.4) is 0 Å². The lowest BCUT2D eigenvalue weighted by atomic mass is 9.79. The summed E-state index contributed by atoms with van der Waals surface area (Å²) in [5.41, 5.74) is 0.768. The fourth-order valence-corrected chi connectivity index (χ4v) is 1.97. The van der Waals surface area contributed by atoms with Gasteiger partial charge in [0.05, 0.1) is 39.0 Å². The highest BCUT2D eigenvalue weighted by atomic mass is 16.5. The van der Waals surface area contributed by atoms with Gasteiger partial charge in [0.25, 0.3) is 0 Å². The number of rotatable bonds is 5. The fraction of sp³-hybridized carbons (Fsp3) is 0.538. The van der Waals surface area contributed by atoms with Crippen LogP contribution < -0.4 is 9.47 Å². The quantitative estimate of drug-likeness (QED) is 0.841. The van der Waals surface area contributed by atoms with Crippen molar-refractivity contribution >= 4 is 0 Å². The van der Waals surface area contributed by atoms with E-state index in [0.717, 1.165) is 11.3 Å². The number of ether oxygens (including phenoxy) is 3. The van der Waals surface area contributed by atoms with Crippen molar-refractivity contribution in [1.82, 2.24) is 0 Å². The lowest BCUT2D eigenvalue weighted by Gasteiger charge is -2.40. The molecule has 0 amide bonds. The van der Waals surface area contributed by atoms with Crippen LogP contribution in [0.1, 0.15) is 12.5 Å². The first-order valence-corrected chi connectivity index (χ1v) is 5.75. The van der Waals surface area contributed by atoms with E-state index < -0.39 is 0 Å². The van der Waals surface area contributed by atoms with Gasteiger partial charge in [-0.05, 0) is 24.6 Å². The van der Waals surface area contributed by atoms with E-state index in [4.69, 9.17) is 14.2 Å². The minimum absolute atomic E-state index is 0.0874. The van der Waals surface area contributed by atoms with E-state index in [-0.39, 0.29) is 12.0 Å². The first kappa shape index (κ1) is 12.2. The number of hydrogen-bond acceptors (Lipinski definition) is 4. The lowest BCUT2D eigenvalue weighted by Crippen LogP contribution is -2.49. The molecule has 4 nitrogen and oxygen atoms in total. The normalized spacial score (nSPS) is 17.4. The van der Waals surface area contributed by atoms with E-state index >= 15 is 0 Å². The van der Waals surface area contributed by atoms with Crippen LogP contribution in [0, 0.1) is 0 Å². The molecular weight excluding hydrogens is 220 g/mol. The molecule has 0 saturated carbocycles. The highest BCUT2D eigenvalue weighted by Gasteiger charge is 2.40. The van der Waals surface area contributed by atoms with Crippen molar-refractivity contribution in [1.29, 1.82) is 0 Å². The molecule has 0 aliphatic carbocycles. The van der Waals surface area contributed by atoms with Gasteiger partial charge in [-0.3, -0.25) is 0 Å². The molecule has 0 unspecified atom stereocenters. The topological polar surface area (TPSA) is 47.9 Å². The molecule has 0 aromatic heterocycles. The molecular formula is C13H18O4. The lowest BCUT2D eigenvalue weighted by molar-refractivity contribution is -0.0842. The molecule has 1 heterocycles. The van der Waals surface area contributed by atoms with E-state index in [9.17, 15) is 5.11 Å². The summed E-state index contributed by atoms with van der Waals surface area (Å²) >= 11 is 0. The second-order valence-corrected chi connectivity index (χ2v) is 4.23. The van der Waals surface area contributed by atoms with Crippen molar-refractivity contribution in [3.05, 3.63) is 23.8 Å². The van der Waals surface area contributed by atoms with E-state index in [1.54, 1.807) is 7.11 Å². The van der Waals surface area contributed by atoms with Gasteiger partial charge in [-0.25, -0.2) is 0 Å². The Bertz CT molecular complexity index is 379. The maximum Gasteiger partial charge on any atom is 0.161 e. The maximum absolute atomic E-state index is 9.47. The van der Waals surface area contributed by atoms with Gasteiger partial charge in [-0.2, -0.15) is 0 Å². The van der Waals surface area contributed by atoms with E-state index in [0.29, 0.717) is 25.6 Å². The van der Waals surface area contributed by atoms with Crippen LogP contribution in [-0.2, 0) is 10.2 Å². The van der Waals surface area contributed by atoms with Crippen molar-refractivity contribution in [3.8, 4) is 11.5 Å². The van der Waals surface area contributed by atoms with Crippen molar-refractivity contribution in [3.63, 3.8) is 0 Å². The number of aliphatic hydroxyl groups excluding tert-OH is 1. The Kier molecular flexibility index (Phi) is 3.54. The minimum atomic E-state index is -0.266. The molecule has 1 N–H and O–H groups in total. The largest absolute Gasteiger partial charge is 0.493 e. The van der Waals surface area contributed by atoms with E-state index in [2.05, 4.69) is 0 Å². The van der Waals surface area contributed by atoms with Crippen LogP contribution >= 0.6 is 0 Å². The molecule has 1 aromatic rings.